The van der Waals surface area contributed by atoms with Gasteiger partial charge in [-0.1, -0.05) is 26.2 Å². The maximum atomic E-state index is 6.24. The summed E-state index contributed by atoms with van der Waals surface area (Å²) in [5.41, 5.74) is 6.24. The molecule has 0 aromatic heterocycles. The van der Waals surface area contributed by atoms with Gasteiger partial charge in [-0.05, 0) is 37.0 Å². The van der Waals surface area contributed by atoms with E-state index in [2.05, 4.69) is 6.92 Å². The summed E-state index contributed by atoms with van der Waals surface area (Å²) >= 11 is 0. The third-order valence-electron chi connectivity index (χ3n) is 3.84. The van der Waals surface area contributed by atoms with Crippen molar-refractivity contribution in [3.8, 4) is 0 Å². The predicted molar refractivity (Wildman–Crippen MR) is 51.8 cm³/mol. The van der Waals surface area contributed by atoms with Crippen molar-refractivity contribution in [3.63, 3.8) is 0 Å². The lowest BCUT2D eigenvalue weighted by molar-refractivity contribution is 0.205. The van der Waals surface area contributed by atoms with Crippen LogP contribution in [0.5, 0.6) is 0 Å². The third kappa shape index (κ3) is 1.66. The molecular formula is C11H21N. The molecule has 2 fully saturated rings. The molecular weight excluding hydrogens is 146 g/mol. The molecule has 3 atom stereocenters. The van der Waals surface area contributed by atoms with E-state index in [-0.39, 0.29) is 0 Å². The average Bonchev–Trinajstić information content (AvgIpc) is 2.86. The largest absolute Gasteiger partial charge is 0.327 e. The molecule has 2 rings (SSSR count). The minimum absolute atomic E-state index is 0.542. The predicted octanol–water partition coefficient (Wildman–Crippen LogP) is 2.55. The van der Waals surface area contributed by atoms with Crippen LogP contribution in [0.15, 0.2) is 0 Å². The zero-order valence-corrected chi connectivity index (χ0v) is 8.13. The molecule has 0 saturated heterocycles. The summed E-state index contributed by atoms with van der Waals surface area (Å²) in [5, 5.41) is 0. The fourth-order valence-electron chi connectivity index (χ4n) is 2.75. The molecule has 0 spiro atoms. The number of hydrogen-bond donors (Lipinski definition) is 1. The highest BCUT2D eigenvalue weighted by molar-refractivity contribution is 4.91. The lowest BCUT2D eigenvalue weighted by Gasteiger charge is -2.33. The second-order valence-electron chi connectivity index (χ2n) is 4.84. The fourth-order valence-corrected chi connectivity index (χ4v) is 2.75. The summed E-state index contributed by atoms with van der Waals surface area (Å²) in [6.07, 6.45) is 8.50. The Kier molecular flexibility index (Phi) is 2.40. The van der Waals surface area contributed by atoms with E-state index >= 15 is 0 Å². The van der Waals surface area contributed by atoms with E-state index in [1.54, 1.807) is 0 Å². The molecule has 0 heterocycles. The van der Waals surface area contributed by atoms with Crippen LogP contribution in [-0.2, 0) is 0 Å². The molecule has 2 aliphatic carbocycles. The normalized spacial score (nSPS) is 39.5. The molecule has 2 aliphatic rings. The highest BCUT2D eigenvalue weighted by atomic mass is 14.7. The lowest BCUT2D eigenvalue weighted by atomic mass is 9.75. The van der Waals surface area contributed by atoms with Crippen LogP contribution in [0.1, 0.15) is 45.4 Å². The highest BCUT2D eigenvalue weighted by Crippen LogP contribution is 2.41. The maximum Gasteiger partial charge on any atom is 0.00981 e. The monoisotopic (exact) mass is 167 g/mol. The maximum absolute atomic E-state index is 6.24. The van der Waals surface area contributed by atoms with Gasteiger partial charge < -0.3 is 5.73 Å². The Balaban J connectivity index is 1.90. The van der Waals surface area contributed by atoms with E-state index in [1.807, 2.05) is 0 Å². The Hall–Kier alpha value is -0.0400. The zero-order chi connectivity index (χ0) is 8.55. The van der Waals surface area contributed by atoms with Crippen LogP contribution >= 0.6 is 0 Å². The van der Waals surface area contributed by atoms with Crippen LogP contribution in [-0.4, -0.2) is 6.04 Å². The Morgan fingerprint density at radius 2 is 1.75 bits per heavy atom. The van der Waals surface area contributed by atoms with E-state index in [4.69, 9.17) is 5.73 Å². The Morgan fingerprint density at radius 3 is 2.33 bits per heavy atom. The summed E-state index contributed by atoms with van der Waals surface area (Å²) in [7, 11) is 0. The summed E-state index contributed by atoms with van der Waals surface area (Å²) in [6.45, 7) is 2.39. The molecule has 2 N–H and O–H groups in total. The minimum Gasteiger partial charge on any atom is -0.327 e. The SMILES string of the molecule is CC1CCCCC1C(N)C1CC1. The van der Waals surface area contributed by atoms with Gasteiger partial charge in [0.15, 0.2) is 0 Å². The van der Waals surface area contributed by atoms with Gasteiger partial charge in [-0.25, -0.2) is 0 Å². The van der Waals surface area contributed by atoms with E-state index in [1.165, 1.54) is 38.5 Å². The first-order valence-electron chi connectivity index (χ1n) is 5.54. The molecule has 70 valence electrons. The van der Waals surface area contributed by atoms with Crippen molar-refractivity contribution >= 4 is 0 Å². The first kappa shape index (κ1) is 8.55. The third-order valence-corrected chi connectivity index (χ3v) is 3.84. The fraction of sp³-hybridized carbons (Fsp3) is 1.00. The average molecular weight is 167 g/mol. The summed E-state index contributed by atoms with van der Waals surface area (Å²) in [6, 6.07) is 0.542. The molecule has 2 saturated carbocycles. The van der Waals surface area contributed by atoms with Crippen LogP contribution in [0, 0.1) is 17.8 Å². The van der Waals surface area contributed by atoms with Gasteiger partial charge in [0, 0.05) is 6.04 Å². The minimum atomic E-state index is 0.542. The van der Waals surface area contributed by atoms with Crippen LogP contribution in [0.4, 0.5) is 0 Å². The van der Waals surface area contributed by atoms with Crippen LogP contribution in [0.25, 0.3) is 0 Å². The van der Waals surface area contributed by atoms with Gasteiger partial charge in [0.2, 0.25) is 0 Å². The lowest BCUT2D eigenvalue weighted by Crippen LogP contribution is -2.37. The van der Waals surface area contributed by atoms with Gasteiger partial charge >= 0.3 is 0 Å². The van der Waals surface area contributed by atoms with Gasteiger partial charge in [-0.3, -0.25) is 0 Å². The first-order valence-corrected chi connectivity index (χ1v) is 5.54. The Morgan fingerprint density at radius 1 is 1.08 bits per heavy atom. The van der Waals surface area contributed by atoms with Crippen molar-refractivity contribution < 1.29 is 0 Å². The van der Waals surface area contributed by atoms with Crippen LogP contribution in [0.2, 0.25) is 0 Å². The Labute approximate surface area is 75.7 Å². The van der Waals surface area contributed by atoms with Crippen molar-refractivity contribution in [2.45, 2.75) is 51.5 Å². The summed E-state index contributed by atoms with van der Waals surface area (Å²) < 4.78 is 0. The topological polar surface area (TPSA) is 26.0 Å². The smallest absolute Gasteiger partial charge is 0.00981 e. The van der Waals surface area contributed by atoms with Gasteiger partial charge in [-0.2, -0.15) is 0 Å². The summed E-state index contributed by atoms with van der Waals surface area (Å²) in [5.74, 6) is 2.65. The molecule has 0 aromatic carbocycles. The van der Waals surface area contributed by atoms with Crippen molar-refractivity contribution in [1.82, 2.24) is 0 Å². The van der Waals surface area contributed by atoms with E-state index in [0.717, 1.165) is 17.8 Å². The van der Waals surface area contributed by atoms with E-state index in [9.17, 15) is 0 Å². The van der Waals surface area contributed by atoms with Crippen LogP contribution < -0.4 is 5.73 Å². The highest BCUT2D eigenvalue weighted by Gasteiger charge is 2.36. The number of hydrogen-bond acceptors (Lipinski definition) is 1. The van der Waals surface area contributed by atoms with Gasteiger partial charge in [0.25, 0.3) is 0 Å². The standard InChI is InChI=1S/C11H21N/c1-8-4-2-3-5-10(8)11(12)9-6-7-9/h8-11H,2-7,12H2,1H3. The molecule has 0 aromatic rings. The van der Waals surface area contributed by atoms with Gasteiger partial charge in [0.05, 0.1) is 0 Å². The first-order chi connectivity index (χ1) is 5.79. The molecule has 0 amide bonds. The van der Waals surface area contributed by atoms with Crippen molar-refractivity contribution in [3.05, 3.63) is 0 Å². The van der Waals surface area contributed by atoms with Gasteiger partial charge in [0.1, 0.15) is 0 Å². The van der Waals surface area contributed by atoms with Gasteiger partial charge in [-0.15, -0.1) is 0 Å². The number of rotatable bonds is 2. The second kappa shape index (κ2) is 3.37. The second-order valence-corrected chi connectivity index (χ2v) is 4.84. The quantitative estimate of drug-likeness (QED) is 0.672. The molecule has 0 aliphatic heterocycles. The summed E-state index contributed by atoms with van der Waals surface area (Å²) in [4.78, 5) is 0. The molecule has 0 radical (unpaired) electrons. The molecule has 3 unspecified atom stereocenters. The van der Waals surface area contributed by atoms with Crippen molar-refractivity contribution in [1.29, 1.82) is 0 Å². The Bertz CT molecular complexity index is 151. The molecule has 1 nitrogen and oxygen atoms in total. The van der Waals surface area contributed by atoms with Crippen LogP contribution in [0.3, 0.4) is 0 Å². The van der Waals surface area contributed by atoms with Crippen molar-refractivity contribution in [2.24, 2.45) is 23.5 Å². The zero-order valence-electron chi connectivity index (χ0n) is 8.13. The number of nitrogens with two attached hydrogens (primary N) is 1. The van der Waals surface area contributed by atoms with Crippen molar-refractivity contribution in [2.75, 3.05) is 0 Å². The van der Waals surface area contributed by atoms with E-state index in [0.29, 0.717) is 6.04 Å². The molecule has 12 heavy (non-hydrogen) atoms. The molecule has 0 bridgehead atoms. The molecule has 1 heteroatoms. The van der Waals surface area contributed by atoms with E-state index < -0.39 is 0 Å².